The highest BCUT2D eigenvalue weighted by Gasteiger charge is 2.50. The summed E-state index contributed by atoms with van der Waals surface area (Å²) < 4.78 is 11.1. The smallest absolute Gasteiger partial charge is 0.230 e. The van der Waals surface area contributed by atoms with E-state index >= 15 is 0 Å². The summed E-state index contributed by atoms with van der Waals surface area (Å²) >= 11 is 0. The molecule has 138 valence electrons. The van der Waals surface area contributed by atoms with Crippen molar-refractivity contribution in [3.8, 4) is 5.75 Å². The maximum Gasteiger partial charge on any atom is 0.230 e. The van der Waals surface area contributed by atoms with Crippen LogP contribution in [0.1, 0.15) is 24.0 Å². The Bertz CT molecular complexity index is 619. The van der Waals surface area contributed by atoms with Gasteiger partial charge in [0.25, 0.3) is 0 Å². The average Bonchev–Trinajstić information content (AvgIpc) is 3.15. The molecule has 1 spiro atoms. The van der Waals surface area contributed by atoms with E-state index in [-0.39, 0.29) is 5.41 Å². The third-order valence-corrected chi connectivity index (χ3v) is 5.82. The molecular weight excluding hydrogens is 316 g/mol. The van der Waals surface area contributed by atoms with Gasteiger partial charge in [-0.2, -0.15) is 0 Å². The Morgan fingerprint density at radius 2 is 1.92 bits per heavy atom. The van der Waals surface area contributed by atoms with Gasteiger partial charge in [-0.3, -0.25) is 9.69 Å². The molecule has 5 heteroatoms. The Morgan fingerprint density at radius 3 is 2.72 bits per heavy atom. The molecule has 2 heterocycles. The minimum absolute atomic E-state index is 0.160. The fraction of sp³-hybridized carbons (Fsp3) is 0.650. The van der Waals surface area contributed by atoms with E-state index in [2.05, 4.69) is 24.8 Å². The van der Waals surface area contributed by atoms with Crippen LogP contribution in [0.4, 0.5) is 0 Å². The van der Waals surface area contributed by atoms with Crippen LogP contribution < -0.4 is 4.74 Å². The number of aryl methyl sites for hydroxylation is 1. The van der Waals surface area contributed by atoms with Gasteiger partial charge in [0.1, 0.15) is 12.4 Å². The molecule has 0 saturated carbocycles. The number of carbonyl (C=O) groups excluding carboxylic acids is 1. The second kappa shape index (κ2) is 7.75. The lowest BCUT2D eigenvalue weighted by molar-refractivity contribution is -0.136. The standard InChI is InChI=1S/C20H30N2O3/c1-16-5-4-6-18(17(16)2)25-14-11-21-9-7-20(15-21)8-10-22(19(20)23)12-13-24-3/h4-6H,7-15H2,1-3H3. The molecule has 25 heavy (non-hydrogen) atoms. The van der Waals surface area contributed by atoms with Gasteiger partial charge in [-0.25, -0.2) is 0 Å². The second-order valence-electron chi connectivity index (χ2n) is 7.39. The fourth-order valence-electron chi connectivity index (χ4n) is 4.00. The summed E-state index contributed by atoms with van der Waals surface area (Å²) in [7, 11) is 1.68. The number of carbonyl (C=O) groups is 1. The first-order valence-corrected chi connectivity index (χ1v) is 9.25. The summed E-state index contributed by atoms with van der Waals surface area (Å²) in [5.41, 5.74) is 2.30. The third kappa shape index (κ3) is 3.82. The van der Waals surface area contributed by atoms with E-state index in [0.29, 0.717) is 25.7 Å². The normalized spacial score (nSPS) is 23.8. The molecule has 1 aromatic carbocycles. The quantitative estimate of drug-likeness (QED) is 0.759. The van der Waals surface area contributed by atoms with Crippen molar-refractivity contribution in [3.05, 3.63) is 29.3 Å². The predicted molar refractivity (Wildman–Crippen MR) is 98.0 cm³/mol. The van der Waals surface area contributed by atoms with Crippen LogP contribution >= 0.6 is 0 Å². The number of benzene rings is 1. The monoisotopic (exact) mass is 346 g/mol. The van der Waals surface area contributed by atoms with Crippen molar-refractivity contribution in [1.82, 2.24) is 9.80 Å². The van der Waals surface area contributed by atoms with Gasteiger partial charge in [0, 0.05) is 33.3 Å². The van der Waals surface area contributed by atoms with Crippen molar-refractivity contribution in [2.24, 2.45) is 5.41 Å². The first kappa shape index (κ1) is 18.2. The number of nitrogens with zero attached hydrogens (tertiary/aromatic N) is 2. The number of hydrogen-bond donors (Lipinski definition) is 0. The maximum absolute atomic E-state index is 12.8. The van der Waals surface area contributed by atoms with Crippen molar-refractivity contribution in [2.75, 3.05) is 53.0 Å². The highest BCUT2D eigenvalue weighted by Crippen LogP contribution is 2.40. The van der Waals surface area contributed by atoms with Gasteiger partial charge in [0.05, 0.1) is 12.0 Å². The third-order valence-electron chi connectivity index (χ3n) is 5.82. The van der Waals surface area contributed by atoms with E-state index in [9.17, 15) is 4.79 Å². The highest BCUT2D eigenvalue weighted by atomic mass is 16.5. The number of ether oxygens (including phenoxy) is 2. The molecular formula is C20H30N2O3. The van der Waals surface area contributed by atoms with E-state index in [4.69, 9.17) is 9.47 Å². The summed E-state index contributed by atoms with van der Waals surface area (Å²) in [6, 6.07) is 6.17. The van der Waals surface area contributed by atoms with Crippen LogP contribution in [0.25, 0.3) is 0 Å². The molecule has 1 atom stereocenters. The van der Waals surface area contributed by atoms with E-state index in [0.717, 1.165) is 44.8 Å². The molecule has 0 bridgehead atoms. The first-order chi connectivity index (χ1) is 12.1. The maximum atomic E-state index is 12.8. The van der Waals surface area contributed by atoms with Crippen molar-refractivity contribution >= 4 is 5.91 Å². The molecule has 2 fully saturated rings. The summed E-state index contributed by atoms with van der Waals surface area (Å²) in [4.78, 5) is 17.1. The number of methoxy groups -OCH3 is 1. The van der Waals surface area contributed by atoms with E-state index in [1.807, 2.05) is 17.0 Å². The Morgan fingerprint density at radius 1 is 1.12 bits per heavy atom. The Labute approximate surface area is 150 Å². The topological polar surface area (TPSA) is 42.0 Å². The Balaban J connectivity index is 1.49. The van der Waals surface area contributed by atoms with E-state index in [1.54, 1.807) is 7.11 Å². The van der Waals surface area contributed by atoms with Crippen molar-refractivity contribution < 1.29 is 14.3 Å². The van der Waals surface area contributed by atoms with Gasteiger partial charge in [-0.15, -0.1) is 0 Å². The summed E-state index contributed by atoms with van der Waals surface area (Å²) in [5, 5.41) is 0. The molecule has 2 aliphatic heterocycles. The van der Waals surface area contributed by atoms with Crippen LogP contribution in [-0.2, 0) is 9.53 Å². The lowest BCUT2D eigenvalue weighted by atomic mass is 9.85. The lowest BCUT2D eigenvalue weighted by Gasteiger charge is -2.23. The second-order valence-corrected chi connectivity index (χ2v) is 7.39. The Kier molecular flexibility index (Phi) is 5.64. The first-order valence-electron chi connectivity index (χ1n) is 9.25. The molecule has 1 unspecified atom stereocenters. The van der Waals surface area contributed by atoms with Crippen molar-refractivity contribution in [1.29, 1.82) is 0 Å². The molecule has 0 radical (unpaired) electrons. The molecule has 2 aliphatic rings. The SMILES string of the molecule is COCCN1CCC2(CCN(CCOc3cccc(C)c3C)C2)C1=O. The molecule has 1 aromatic rings. The van der Waals surface area contributed by atoms with Gasteiger partial charge in [-0.05, 0) is 50.4 Å². The Hall–Kier alpha value is -1.59. The van der Waals surface area contributed by atoms with Crippen LogP contribution in [0.3, 0.4) is 0 Å². The van der Waals surface area contributed by atoms with E-state index in [1.165, 1.54) is 11.1 Å². The van der Waals surface area contributed by atoms with Crippen molar-refractivity contribution in [3.63, 3.8) is 0 Å². The number of amides is 1. The van der Waals surface area contributed by atoms with Crippen molar-refractivity contribution in [2.45, 2.75) is 26.7 Å². The largest absolute Gasteiger partial charge is 0.492 e. The average molecular weight is 346 g/mol. The van der Waals surface area contributed by atoms with Gasteiger partial charge < -0.3 is 14.4 Å². The molecule has 2 saturated heterocycles. The van der Waals surface area contributed by atoms with Crippen LogP contribution in [-0.4, -0.2) is 68.8 Å². The molecule has 3 rings (SSSR count). The highest BCUT2D eigenvalue weighted by molar-refractivity contribution is 5.85. The summed E-state index contributed by atoms with van der Waals surface area (Å²) in [6.07, 6.45) is 1.95. The van der Waals surface area contributed by atoms with E-state index < -0.39 is 0 Å². The zero-order valence-corrected chi connectivity index (χ0v) is 15.7. The van der Waals surface area contributed by atoms with Crippen LogP contribution in [0.2, 0.25) is 0 Å². The lowest BCUT2D eigenvalue weighted by Crippen LogP contribution is -2.38. The number of likely N-dealkylation sites (tertiary alicyclic amines) is 2. The molecule has 0 aromatic heterocycles. The molecule has 1 amide bonds. The van der Waals surface area contributed by atoms with Crippen LogP contribution in [0.15, 0.2) is 18.2 Å². The van der Waals surface area contributed by atoms with Crippen LogP contribution in [0.5, 0.6) is 5.75 Å². The number of hydrogen-bond acceptors (Lipinski definition) is 4. The molecule has 0 aliphatic carbocycles. The molecule has 5 nitrogen and oxygen atoms in total. The predicted octanol–water partition coefficient (Wildman–Crippen LogP) is 2.25. The zero-order valence-electron chi connectivity index (χ0n) is 15.7. The van der Waals surface area contributed by atoms with Gasteiger partial charge in [0.15, 0.2) is 0 Å². The molecule has 0 N–H and O–H groups in total. The van der Waals surface area contributed by atoms with Gasteiger partial charge in [0.2, 0.25) is 5.91 Å². The summed E-state index contributed by atoms with van der Waals surface area (Å²) in [6.45, 7) is 9.81. The zero-order chi connectivity index (χ0) is 17.9. The minimum atomic E-state index is -0.160. The van der Waals surface area contributed by atoms with Gasteiger partial charge >= 0.3 is 0 Å². The van der Waals surface area contributed by atoms with Gasteiger partial charge in [-0.1, -0.05) is 12.1 Å². The van der Waals surface area contributed by atoms with Crippen LogP contribution in [0, 0.1) is 19.3 Å². The fourth-order valence-corrected chi connectivity index (χ4v) is 4.00. The number of rotatable bonds is 7. The minimum Gasteiger partial charge on any atom is -0.492 e. The summed E-state index contributed by atoms with van der Waals surface area (Å²) in [5.74, 6) is 1.29.